The third-order valence-electron chi connectivity index (χ3n) is 0.231. The highest BCUT2D eigenvalue weighted by atomic mass is 127. The summed E-state index contributed by atoms with van der Waals surface area (Å²) in [5.74, 6) is 0. The maximum atomic E-state index is 12.4. The molecule has 0 bridgehead atoms. The highest BCUT2D eigenvalue weighted by Gasteiger charge is 2.34. The van der Waals surface area contributed by atoms with E-state index in [1.165, 1.54) is 90.4 Å². The zero-order chi connectivity index (χ0) is 7.71. The van der Waals surface area contributed by atoms with E-state index in [0.29, 0.717) is 0 Å². The quantitative estimate of drug-likeness (QED) is 0.353. The van der Waals surface area contributed by atoms with Gasteiger partial charge in [-0.15, -0.1) is 0 Å². The highest BCUT2D eigenvalue weighted by molar-refractivity contribution is 14.2. The topological polar surface area (TPSA) is 9.23 Å². The molecule has 0 radical (unpaired) electrons. The first-order valence-corrected chi connectivity index (χ1v) is 5.86. The fraction of sp³-hybridized carbons (Fsp3) is 1.00. The van der Waals surface area contributed by atoms with Gasteiger partial charge in [0, 0.05) is 90.4 Å². The van der Waals surface area contributed by atoms with E-state index in [9.17, 15) is 8.78 Å². The fourth-order valence-corrected chi connectivity index (χ4v) is 3.03. The molecule has 9 heavy (non-hydrogen) atoms. The van der Waals surface area contributed by atoms with Crippen LogP contribution >= 0.6 is 90.4 Å². The number of hydrogen-bond donors (Lipinski definition) is 0. The molecule has 0 unspecified atom stereocenters. The molecule has 0 atom stereocenters. The van der Waals surface area contributed by atoms with Crippen molar-refractivity contribution >= 4 is 90.4 Å². The van der Waals surface area contributed by atoms with Crippen molar-refractivity contribution in [1.82, 2.24) is 0 Å². The summed E-state index contributed by atoms with van der Waals surface area (Å²) in [7, 11) is 0. The molecule has 0 amide bonds. The van der Waals surface area contributed by atoms with E-state index in [4.69, 9.17) is 0 Å². The summed E-state index contributed by atoms with van der Waals surface area (Å²) in [6, 6.07) is 0. The third-order valence-corrected chi connectivity index (χ3v) is 1.11. The molecule has 0 rings (SSSR count). The number of rotatable bonds is 2. The Labute approximate surface area is 106 Å². The molecule has 0 heterocycles. The van der Waals surface area contributed by atoms with Crippen molar-refractivity contribution < 1.29 is 13.5 Å². The van der Waals surface area contributed by atoms with Gasteiger partial charge in [0.05, 0.1) is 0 Å². The van der Waals surface area contributed by atoms with Crippen LogP contribution in [0.4, 0.5) is 8.78 Å². The second-order valence-corrected chi connectivity index (χ2v) is 10.7. The molecule has 7 heteroatoms. The van der Waals surface area contributed by atoms with Crippen LogP contribution in [0.15, 0.2) is 0 Å². The minimum absolute atomic E-state index is 1.35. The van der Waals surface area contributed by atoms with Crippen molar-refractivity contribution in [2.45, 2.75) is 3.74 Å². The molecule has 0 spiro atoms. The Bertz CT molecular complexity index is 81.7. The Kier molecular flexibility index (Phi) is 5.36. The second kappa shape index (κ2) is 4.11. The summed E-state index contributed by atoms with van der Waals surface area (Å²) in [6.07, 6.45) is 0. The molecular formula is C2F2I4O. The lowest BCUT2D eigenvalue weighted by molar-refractivity contribution is -0.0449. The predicted octanol–water partition coefficient (Wildman–Crippen LogP) is 3.90. The normalized spacial score (nSPS) is 14.0. The Morgan fingerprint density at radius 3 is 1.11 bits per heavy atom. The molecule has 0 aliphatic heterocycles. The molecule has 56 valence electrons. The first-order valence-electron chi connectivity index (χ1n) is 1.54. The zero-order valence-electron chi connectivity index (χ0n) is 3.68. The first kappa shape index (κ1) is 11.7. The SMILES string of the molecule is FC(I)(I)OC(F)(I)I. The molecule has 1 nitrogen and oxygen atoms in total. The molecule has 0 N–H and O–H groups in total. The molecule has 0 aliphatic rings. The maximum absolute atomic E-state index is 12.4. The van der Waals surface area contributed by atoms with Gasteiger partial charge < -0.3 is 0 Å². The van der Waals surface area contributed by atoms with Gasteiger partial charge in [-0.1, -0.05) is 0 Å². The largest absolute Gasteiger partial charge is 0.314 e. The number of hydrogen-bond acceptors (Lipinski definition) is 1. The van der Waals surface area contributed by atoms with Gasteiger partial charge >= 0.3 is 3.74 Å². The molecule has 0 fully saturated rings. The lowest BCUT2D eigenvalue weighted by Gasteiger charge is -2.17. The number of halogens is 6. The summed E-state index contributed by atoms with van der Waals surface area (Å²) in [4.78, 5) is 0. The average Bonchev–Trinajstić information content (AvgIpc) is 1.14. The van der Waals surface area contributed by atoms with E-state index in [0.717, 1.165) is 0 Å². The van der Waals surface area contributed by atoms with Gasteiger partial charge in [0.1, 0.15) is 0 Å². The molecular weight excluding hydrogens is 586 g/mol. The van der Waals surface area contributed by atoms with Crippen LogP contribution in [0, 0.1) is 0 Å². The van der Waals surface area contributed by atoms with Crippen LogP contribution in [0.2, 0.25) is 0 Å². The van der Waals surface area contributed by atoms with Crippen molar-refractivity contribution in [1.29, 1.82) is 0 Å². The van der Waals surface area contributed by atoms with E-state index in [2.05, 4.69) is 4.74 Å². The molecule has 0 saturated heterocycles. The van der Waals surface area contributed by atoms with Gasteiger partial charge in [-0.2, -0.15) is 8.78 Å². The molecule has 0 aromatic carbocycles. The van der Waals surface area contributed by atoms with E-state index >= 15 is 0 Å². The van der Waals surface area contributed by atoms with Crippen LogP contribution < -0.4 is 0 Å². The molecule has 0 aliphatic carbocycles. The van der Waals surface area contributed by atoms with Crippen LogP contribution in [0.1, 0.15) is 0 Å². The van der Waals surface area contributed by atoms with Gasteiger partial charge in [-0.25, -0.2) is 0 Å². The summed E-state index contributed by atoms with van der Waals surface area (Å²) in [5.41, 5.74) is 0. The van der Waals surface area contributed by atoms with E-state index in [-0.39, 0.29) is 0 Å². The maximum Gasteiger partial charge on any atom is 0.314 e. The molecule has 0 aromatic rings. The summed E-state index contributed by atoms with van der Waals surface area (Å²) < 4.78 is 25.1. The average molecular weight is 586 g/mol. The molecule has 0 aromatic heterocycles. The third kappa shape index (κ3) is 10.7. The van der Waals surface area contributed by atoms with Crippen LogP contribution in [0.25, 0.3) is 0 Å². The highest BCUT2D eigenvalue weighted by Crippen LogP contribution is 2.42. The minimum atomic E-state index is -1.97. The smallest absolute Gasteiger partial charge is 0.276 e. The van der Waals surface area contributed by atoms with Crippen LogP contribution in [0.3, 0.4) is 0 Å². The van der Waals surface area contributed by atoms with Crippen molar-refractivity contribution in [3.63, 3.8) is 0 Å². The summed E-state index contributed by atoms with van der Waals surface area (Å²) in [5, 5.41) is 0. The van der Waals surface area contributed by atoms with E-state index in [1.807, 2.05) is 0 Å². The lowest BCUT2D eigenvalue weighted by atomic mass is 11.4. The summed E-state index contributed by atoms with van der Waals surface area (Å²) >= 11 is 5.40. The predicted molar refractivity (Wildman–Crippen MR) is 64.8 cm³/mol. The second-order valence-electron chi connectivity index (χ2n) is 0.994. The Balaban J connectivity index is 3.75. The van der Waals surface area contributed by atoms with Crippen molar-refractivity contribution in [3.8, 4) is 0 Å². The van der Waals surface area contributed by atoms with Gasteiger partial charge in [0.25, 0.3) is 0 Å². The van der Waals surface area contributed by atoms with Crippen LogP contribution in [-0.4, -0.2) is 3.74 Å². The van der Waals surface area contributed by atoms with Crippen LogP contribution in [0.5, 0.6) is 0 Å². The fourth-order valence-electron chi connectivity index (χ4n) is 0.131. The number of ether oxygens (including phenoxy) is 1. The van der Waals surface area contributed by atoms with Crippen molar-refractivity contribution in [3.05, 3.63) is 0 Å². The van der Waals surface area contributed by atoms with Crippen molar-refractivity contribution in [2.24, 2.45) is 0 Å². The van der Waals surface area contributed by atoms with Gasteiger partial charge in [0.15, 0.2) is 0 Å². The Morgan fingerprint density at radius 1 is 0.889 bits per heavy atom. The van der Waals surface area contributed by atoms with E-state index < -0.39 is 3.74 Å². The van der Waals surface area contributed by atoms with Gasteiger partial charge in [-0.05, 0) is 0 Å². The van der Waals surface area contributed by atoms with Crippen molar-refractivity contribution in [2.75, 3.05) is 0 Å². The zero-order valence-corrected chi connectivity index (χ0v) is 12.3. The molecule has 0 saturated carbocycles. The first-order chi connectivity index (χ1) is 3.71. The Morgan fingerprint density at radius 2 is 1.11 bits per heavy atom. The Hall–Kier alpha value is 2.74. The van der Waals surface area contributed by atoms with Gasteiger partial charge in [0.2, 0.25) is 0 Å². The van der Waals surface area contributed by atoms with Crippen LogP contribution in [-0.2, 0) is 4.74 Å². The minimum Gasteiger partial charge on any atom is -0.276 e. The lowest BCUT2D eigenvalue weighted by Crippen LogP contribution is -2.18. The number of alkyl halides is 6. The van der Waals surface area contributed by atoms with E-state index in [1.54, 1.807) is 0 Å². The summed E-state index contributed by atoms with van der Waals surface area (Å²) in [6.45, 7) is 0. The van der Waals surface area contributed by atoms with Gasteiger partial charge in [-0.3, -0.25) is 4.74 Å². The monoisotopic (exact) mass is 586 g/mol. The standard InChI is InChI=1S/C2F2I4O/c3-1(5,6)9-2(4,7)8.